The average molecular weight is 602 g/mol. The molecule has 0 aliphatic carbocycles. The zero-order valence-electron chi connectivity index (χ0n) is 27.1. The van der Waals surface area contributed by atoms with Crippen LogP contribution in [0.5, 0.6) is 0 Å². The Morgan fingerprint density at radius 2 is 1.13 bits per heavy atom. The van der Waals surface area contributed by atoms with Crippen LogP contribution in [0.25, 0.3) is 62.3 Å². The van der Waals surface area contributed by atoms with Gasteiger partial charge in [0.05, 0.1) is 17.1 Å². The number of benzene rings is 3. The lowest BCUT2D eigenvalue weighted by atomic mass is 9.98. The van der Waals surface area contributed by atoms with Crippen LogP contribution in [0, 0.1) is 6.92 Å². The molecule has 0 saturated heterocycles. The van der Waals surface area contributed by atoms with E-state index in [0.29, 0.717) is 17.5 Å². The van der Waals surface area contributed by atoms with E-state index in [1.165, 1.54) is 0 Å². The normalized spacial score (nSPS) is 11.3. The van der Waals surface area contributed by atoms with Crippen LogP contribution < -0.4 is 0 Å². The predicted octanol–water partition coefficient (Wildman–Crippen LogP) is 10.7. The molecule has 0 saturated carbocycles. The molecule has 0 bridgehead atoms. The molecule has 0 N–H and O–H groups in total. The number of allylic oxidation sites excluding steroid dienone is 4. The van der Waals surface area contributed by atoms with Gasteiger partial charge in [-0.2, -0.15) is 0 Å². The molecule has 0 radical (unpaired) electrons. The Morgan fingerprint density at radius 1 is 0.587 bits per heavy atom. The standard InChI is InChI=1S/C39H33N5.C2H6/c1-4-14-28(15-5-2)35-22-27(3)23-36(41-35)32-24-31(34-20-12-13-21-40-34)25-33(26-32)39-43-37(29-16-8-6-9-17-29)42-38(44-39)30-18-10-7-11-19-30;1-2/h4,6-26H,5H2,1-3H3;1-2H3/b14-4-,28-15+;. The molecule has 228 valence electrons. The van der Waals surface area contributed by atoms with Gasteiger partial charge in [0.2, 0.25) is 0 Å². The minimum atomic E-state index is 0.588. The van der Waals surface area contributed by atoms with E-state index in [2.05, 4.69) is 67.4 Å². The second kappa shape index (κ2) is 15.4. The summed E-state index contributed by atoms with van der Waals surface area (Å²) in [4.78, 5) is 24.7. The third kappa shape index (κ3) is 7.56. The smallest absolute Gasteiger partial charge is 0.164 e. The molecule has 5 nitrogen and oxygen atoms in total. The Labute approximate surface area is 272 Å². The van der Waals surface area contributed by atoms with E-state index in [1.807, 2.05) is 106 Å². The first kappa shape index (κ1) is 31.9. The number of hydrogen-bond donors (Lipinski definition) is 0. The highest BCUT2D eigenvalue weighted by atomic mass is 15.0. The van der Waals surface area contributed by atoms with Crippen LogP contribution in [-0.4, -0.2) is 24.9 Å². The molecule has 46 heavy (non-hydrogen) atoms. The maximum atomic E-state index is 5.15. The molecule has 3 aromatic heterocycles. The lowest BCUT2D eigenvalue weighted by Crippen LogP contribution is -2.01. The van der Waals surface area contributed by atoms with Crippen molar-refractivity contribution in [3.05, 3.63) is 145 Å². The largest absolute Gasteiger partial charge is 0.256 e. The van der Waals surface area contributed by atoms with Crippen molar-refractivity contribution in [3.63, 3.8) is 0 Å². The van der Waals surface area contributed by atoms with E-state index < -0.39 is 0 Å². The fourth-order valence-electron chi connectivity index (χ4n) is 5.14. The van der Waals surface area contributed by atoms with E-state index in [1.54, 1.807) is 0 Å². The van der Waals surface area contributed by atoms with E-state index in [-0.39, 0.29) is 0 Å². The molecule has 0 unspecified atom stereocenters. The van der Waals surface area contributed by atoms with Crippen LogP contribution >= 0.6 is 0 Å². The third-order valence-electron chi connectivity index (χ3n) is 7.18. The van der Waals surface area contributed by atoms with Crippen molar-refractivity contribution in [1.82, 2.24) is 24.9 Å². The molecule has 5 heteroatoms. The lowest BCUT2D eigenvalue weighted by molar-refractivity contribution is 1.07. The van der Waals surface area contributed by atoms with Gasteiger partial charge in [0, 0.05) is 34.0 Å². The highest BCUT2D eigenvalue weighted by molar-refractivity contribution is 5.80. The van der Waals surface area contributed by atoms with E-state index in [0.717, 1.165) is 62.5 Å². The summed E-state index contributed by atoms with van der Waals surface area (Å²) >= 11 is 0. The minimum absolute atomic E-state index is 0.588. The van der Waals surface area contributed by atoms with Gasteiger partial charge in [-0.1, -0.05) is 106 Å². The SMILES string of the molecule is C/C=C\C(=C/CC)c1cc(C)cc(-c2cc(-c3ccccn3)cc(-c3nc(-c4ccccc4)nc(-c4ccccc4)n3)c2)n1.CC. The first-order valence-corrected chi connectivity index (χ1v) is 15.9. The van der Waals surface area contributed by atoms with Crippen LogP contribution in [0.1, 0.15) is 45.4 Å². The van der Waals surface area contributed by atoms with Crippen molar-refractivity contribution in [2.75, 3.05) is 0 Å². The van der Waals surface area contributed by atoms with Gasteiger partial charge in [-0.3, -0.25) is 4.98 Å². The number of rotatable bonds is 8. The highest BCUT2D eigenvalue weighted by Gasteiger charge is 2.16. The van der Waals surface area contributed by atoms with Crippen LogP contribution in [0.2, 0.25) is 0 Å². The summed E-state index contributed by atoms with van der Waals surface area (Å²) in [5, 5.41) is 0. The van der Waals surface area contributed by atoms with Crippen LogP contribution in [0.4, 0.5) is 0 Å². The summed E-state index contributed by atoms with van der Waals surface area (Å²) < 4.78 is 0. The second-order valence-corrected chi connectivity index (χ2v) is 10.5. The van der Waals surface area contributed by atoms with Gasteiger partial charge < -0.3 is 0 Å². The van der Waals surface area contributed by atoms with Crippen LogP contribution in [-0.2, 0) is 0 Å². The van der Waals surface area contributed by atoms with Gasteiger partial charge in [-0.05, 0) is 73.9 Å². The molecular weight excluding hydrogens is 562 g/mol. The fourth-order valence-corrected chi connectivity index (χ4v) is 5.14. The molecule has 0 aliphatic heterocycles. The zero-order valence-corrected chi connectivity index (χ0v) is 27.1. The van der Waals surface area contributed by atoms with Crippen molar-refractivity contribution in [2.24, 2.45) is 0 Å². The van der Waals surface area contributed by atoms with Crippen LogP contribution in [0.15, 0.2) is 134 Å². The molecule has 0 spiro atoms. The number of hydrogen-bond acceptors (Lipinski definition) is 5. The molecular formula is C41H39N5. The van der Waals surface area contributed by atoms with Gasteiger partial charge in [0.25, 0.3) is 0 Å². The number of pyridine rings is 2. The van der Waals surface area contributed by atoms with Crippen molar-refractivity contribution in [3.8, 4) is 56.7 Å². The summed E-state index contributed by atoms with van der Waals surface area (Å²) in [5.41, 5.74) is 9.59. The summed E-state index contributed by atoms with van der Waals surface area (Å²) in [6.45, 7) is 10.3. The molecule has 3 heterocycles. The molecule has 0 atom stereocenters. The van der Waals surface area contributed by atoms with Crippen molar-refractivity contribution < 1.29 is 0 Å². The number of nitrogens with zero attached hydrogens (tertiary/aromatic N) is 5. The van der Waals surface area contributed by atoms with E-state index in [9.17, 15) is 0 Å². The molecule has 0 aliphatic rings. The van der Waals surface area contributed by atoms with Gasteiger partial charge in [-0.25, -0.2) is 19.9 Å². The van der Waals surface area contributed by atoms with Gasteiger partial charge in [-0.15, -0.1) is 0 Å². The first-order chi connectivity index (χ1) is 22.6. The predicted molar refractivity (Wildman–Crippen MR) is 192 cm³/mol. The first-order valence-electron chi connectivity index (χ1n) is 15.9. The summed E-state index contributed by atoms with van der Waals surface area (Å²) in [6, 6.07) is 36.6. The summed E-state index contributed by atoms with van der Waals surface area (Å²) in [6.07, 6.45) is 9.12. The second-order valence-electron chi connectivity index (χ2n) is 10.5. The Balaban J connectivity index is 0.00000204. The van der Waals surface area contributed by atoms with E-state index >= 15 is 0 Å². The van der Waals surface area contributed by atoms with Crippen molar-refractivity contribution in [2.45, 2.75) is 41.0 Å². The van der Waals surface area contributed by atoms with Crippen LogP contribution in [0.3, 0.4) is 0 Å². The summed E-state index contributed by atoms with van der Waals surface area (Å²) in [5.74, 6) is 1.83. The molecule has 0 amide bonds. The Bertz CT molecular complexity index is 1890. The maximum absolute atomic E-state index is 5.15. The Kier molecular flexibility index (Phi) is 10.7. The quantitative estimate of drug-likeness (QED) is 0.162. The lowest BCUT2D eigenvalue weighted by Gasteiger charge is -2.13. The maximum Gasteiger partial charge on any atom is 0.164 e. The Morgan fingerprint density at radius 3 is 1.67 bits per heavy atom. The average Bonchev–Trinajstić information content (AvgIpc) is 3.13. The summed E-state index contributed by atoms with van der Waals surface area (Å²) in [7, 11) is 0. The number of aryl methyl sites for hydroxylation is 1. The molecule has 6 rings (SSSR count). The van der Waals surface area contributed by atoms with Crippen molar-refractivity contribution in [1.29, 1.82) is 0 Å². The van der Waals surface area contributed by atoms with Gasteiger partial charge in [0.15, 0.2) is 17.5 Å². The zero-order chi connectivity index (χ0) is 32.3. The topological polar surface area (TPSA) is 64.5 Å². The monoisotopic (exact) mass is 601 g/mol. The highest BCUT2D eigenvalue weighted by Crippen LogP contribution is 2.33. The molecule has 6 aromatic rings. The Hall–Kier alpha value is -5.55. The minimum Gasteiger partial charge on any atom is -0.256 e. The molecule has 0 fully saturated rings. The number of aromatic nitrogens is 5. The molecule has 3 aromatic carbocycles. The van der Waals surface area contributed by atoms with Crippen molar-refractivity contribution >= 4 is 5.57 Å². The van der Waals surface area contributed by atoms with Gasteiger partial charge >= 0.3 is 0 Å². The van der Waals surface area contributed by atoms with Gasteiger partial charge in [0.1, 0.15) is 0 Å². The third-order valence-corrected chi connectivity index (χ3v) is 7.18. The van der Waals surface area contributed by atoms with E-state index in [4.69, 9.17) is 19.9 Å². The fraction of sp³-hybridized carbons (Fsp3) is 0.146.